The molecule has 0 aromatic carbocycles. The highest BCUT2D eigenvalue weighted by Crippen LogP contribution is 2.30. The molecule has 0 spiro atoms. The van der Waals surface area contributed by atoms with Crippen LogP contribution in [0.5, 0.6) is 0 Å². The van der Waals surface area contributed by atoms with Gasteiger partial charge in [-0.2, -0.15) is 0 Å². The standard InChI is InChI=1S/C22H33N5/c1-25(2)13-6-15-26-16-12-23-22(26)19-8-5-14-27(17-19)21-11-10-18-7-3-4-9-20(18)24-21/h10-12,16,19H,3-9,13-15,17H2,1-2H3. The summed E-state index contributed by atoms with van der Waals surface area (Å²) in [6, 6.07) is 4.57. The predicted octanol–water partition coefficient (Wildman–Crippen LogP) is 3.49. The summed E-state index contributed by atoms with van der Waals surface area (Å²) in [6.07, 6.45) is 12.7. The third kappa shape index (κ3) is 4.34. The lowest BCUT2D eigenvalue weighted by Gasteiger charge is -2.34. The number of imidazole rings is 1. The molecule has 1 atom stereocenters. The first-order chi connectivity index (χ1) is 13.2. The summed E-state index contributed by atoms with van der Waals surface area (Å²) in [4.78, 5) is 14.5. The summed E-state index contributed by atoms with van der Waals surface area (Å²) < 4.78 is 2.37. The van der Waals surface area contributed by atoms with Gasteiger partial charge in [0, 0.05) is 43.6 Å². The van der Waals surface area contributed by atoms with Crippen LogP contribution in [0, 0.1) is 0 Å². The monoisotopic (exact) mass is 367 g/mol. The number of aryl methyl sites for hydroxylation is 3. The molecule has 27 heavy (non-hydrogen) atoms. The van der Waals surface area contributed by atoms with Crippen molar-refractivity contribution >= 4 is 5.82 Å². The molecule has 5 heteroatoms. The van der Waals surface area contributed by atoms with Gasteiger partial charge in [0.1, 0.15) is 11.6 Å². The van der Waals surface area contributed by atoms with Crippen molar-refractivity contribution < 1.29 is 0 Å². The highest BCUT2D eigenvalue weighted by Gasteiger charge is 2.26. The number of piperidine rings is 1. The molecule has 5 nitrogen and oxygen atoms in total. The summed E-state index contributed by atoms with van der Waals surface area (Å²) >= 11 is 0. The molecule has 2 aromatic rings. The van der Waals surface area contributed by atoms with Crippen molar-refractivity contribution in [3.63, 3.8) is 0 Å². The van der Waals surface area contributed by atoms with Crippen molar-refractivity contribution in [3.8, 4) is 0 Å². The summed E-state index contributed by atoms with van der Waals surface area (Å²) in [7, 11) is 4.28. The Hall–Kier alpha value is -1.88. The van der Waals surface area contributed by atoms with Crippen molar-refractivity contribution in [2.24, 2.45) is 0 Å². The summed E-state index contributed by atoms with van der Waals surface area (Å²) in [6.45, 7) is 4.33. The zero-order valence-electron chi connectivity index (χ0n) is 16.9. The van der Waals surface area contributed by atoms with E-state index in [1.165, 1.54) is 61.4 Å². The van der Waals surface area contributed by atoms with E-state index in [0.717, 1.165) is 32.6 Å². The molecule has 146 valence electrons. The van der Waals surface area contributed by atoms with E-state index in [-0.39, 0.29) is 0 Å². The Balaban J connectivity index is 1.45. The lowest BCUT2D eigenvalue weighted by Crippen LogP contribution is -2.36. The van der Waals surface area contributed by atoms with Crippen LogP contribution in [0.1, 0.15) is 55.1 Å². The third-order valence-electron chi connectivity index (χ3n) is 6.03. The number of hydrogen-bond acceptors (Lipinski definition) is 4. The van der Waals surface area contributed by atoms with Crippen LogP contribution < -0.4 is 4.90 Å². The summed E-state index contributed by atoms with van der Waals surface area (Å²) in [5, 5.41) is 0. The molecule has 0 saturated carbocycles. The molecule has 1 aliphatic carbocycles. The fourth-order valence-electron chi connectivity index (χ4n) is 4.57. The maximum atomic E-state index is 5.04. The molecule has 1 fully saturated rings. The first-order valence-electron chi connectivity index (χ1n) is 10.6. The molecular formula is C22H33N5. The first-order valence-corrected chi connectivity index (χ1v) is 10.6. The van der Waals surface area contributed by atoms with Crippen LogP contribution in [-0.4, -0.2) is 53.2 Å². The van der Waals surface area contributed by atoms with Crippen LogP contribution in [0.2, 0.25) is 0 Å². The maximum absolute atomic E-state index is 5.04. The second-order valence-electron chi connectivity index (χ2n) is 8.40. The minimum atomic E-state index is 0.505. The molecule has 1 unspecified atom stereocenters. The highest BCUT2D eigenvalue weighted by molar-refractivity contribution is 5.43. The first kappa shape index (κ1) is 18.5. The second-order valence-corrected chi connectivity index (χ2v) is 8.40. The van der Waals surface area contributed by atoms with Crippen molar-refractivity contribution in [1.82, 2.24) is 19.4 Å². The zero-order chi connectivity index (χ0) is 18.6. The van der Waals surface area contributed by atoms with Gasteiger partial charge in [-0.25, -0.2) is 9.97 Å². The molecule has 2 aliphatic rings. The normalized spacial score (nSPS) is 20.1. The van der Waals surface area contributed by atoms with Gasteiger partial charge in [-0.1, -0.05) is 6.07 Å². The van der Waals surface area contributed by atoms with Gasteiger partial charge >= 0.3 is 0 Å². The minimum absolute atomic E-state index is 0.505. The van der Waals surface area contributed by atoms with Gasteiger partial charge < -0.3 is 14.4 Å². The highest BCUT2D eigenvalue weighted by atomic mass is 15.2. The Labute approximate surface area is 163 Å². The molecule has 1 saturated heterocycles. The molecule has 0 bridgehead atoms. The van der Waals surface area contributed by atoms with Crippen LogP contribution >= 0.6 is 0 Å². The Morgan fingerprint density at radius 1 is 1.15 bits per heavy atom. The largest absolute Gasteiger partial charge is 0.356 e. The van der Waals surface area contributed by atoms with Crippen LogP contribution in [0.3, 0.4) is 0 Å². The number of pyridine rings is 1. The van der Waals surface area contributed by atoms with E-state index in [1.807, 2.05) is 6.20 Å². The average Bonchev–Trinajstić information content (AvgIpc) is 3.16. The number of nitrogens with zero attached hydrogens (tertiary/aromatic N) is 5. The van der Waals surface area contributed by atoms with Crippen LogP contribution in [0.15, 0.2) is 24.5 Å². The zero-order valence-corrected chi connectivity index (χ0v) is 16.9. The van der Waals surface area contributed by atoms with Crippen LogP contribution in [0.25, 0.3) is 0 Å². The molecule has 0 radical (unpaired) electrons. The molecule has 1 aliphatic heterocycles. The molecule has 3 heterocycles. The Kier molecular flexibility index (Phi) is 5.77. The van der Waals surface area contributed by atoms with Crippen molar-refractivity contribution in [2.45, 2.75) is 57.4 Å². The smallest absolute Gasteiger partial charge is 0.128 e. The molecule has 0 N–H and O–H groups in total. The number of aromatic nitrogens is 3. The third-order valence-corrected chi connectivity index (χ3v) is 6.03. The van der Waals surface area contributed by atoms with Gasteiger partial charge in [0.15, 0.2) is 0 Å². The fraction of sp³-hybridized carbons (Fsp3) is 0.636. The van der Waals surface area contributed by atoms with Crippen molar-refractivity contribution in [3.05, 3.63) is 41.6 Å². The van der Waals surface area contributed by atoms with E-state index in [9.17, 15) is 0 Å². The van der Waals surface area contributed by atoms with E-state index in [0.29, 0.717) is 5.92 Å². The molecular weight excluding hydrogens is 334 g/mol. The Morgan fingerprint density at radius 3 is 2.93 bits per heavy atom. The van der Waals surface area contributed by atoms with Crippen molar-refractivity contribution in [1.29, 1.82) is 0 Å². The predicted molar refractivity (Wildman–Crippen MR) is 110 cm³/mol. The van der Waals surface area contributed by atoms with E-state index >= 15 is 0 Å². The summed E-state index contributed by atoms with van der Waals surface area (Å²) in [5.74, 6) is 2.94. The molecule has 0 amide bonds. The van der Waals surface area contributed by atoms with Crippen LogP contribution in [0.4, 0.5) is 5.82 Å². The number of rotatable bonds is 6. The minimum Gasteiger partial charge on any atom is -0.356 e. The summed E-state index contributed by atoms with van der Waals surface area (Å²) in [5.41, 5.74) is 2.81. The fourth-order valence-corrected chi connectivity index (χ4v) is 4.57. The van der Waals surface area contributed by atoms with Gasteiger partial charge in [0.2, 0.25) is 0 Å². The number of anilines is 1. The van der Waals surface area contributed by atoms with Crippen molar-refractivity contribution in [2.75, 3.05) is 38.6 Å². The quantitative estimate of drug-likeness (QED) is 0.783. The van der Waals surface area contributed by atoms with Gasteiger partial charge in [-0.3, -0.25) is 0 Å². The molecule has 2 aromatic heterocycles. The Bertz CT molecular complexity index is 751. The number of hydrogen-bond donors (Lipinski definition) is 0. The van der Waals surface area contributed by atoms with E-state index < -0.39 is 0 Å². The lowest BCUT2D eigenvalue weighted by molar-refractivity contribution is 0.380. The van der Waals surface area contributed by atoms with Gasteiger partial charge in [-0.05, 0) is 77.2 Å². The Morgan fingerprint density at radius 2 is 2.04 bits per heavy atom. The van der Waals surface area contributed by atoms with E-state index in [4.69, 9.17) is 9.97 Å². The second kappa shape index (κ2) is 8.42. The SMILES string of the molecule is CN(C)CCCn1ccnc1C1CCCN(c2ccc3c(n2)CCCC3)C1. The van der Waals surface area contributed by atoms with Gasteiger partial charge in [0.05, 0.1) is 0 Å². The van der Waals surface area contributed by atoms with E-state index in [2.05, 4.69) is 46.8 Å². The maximum Gasteiger partial charge on any atom is 0.128 e. The lowest BCUT2D eigenvalue weighted by atomic mass is 9.95. The topological polar surface area (TPSA) is 37.2 Å². The average molecular weight is 368 g/mol. The van der Waals surface area contributed by atoms with Gasteiger partial charge in [-0.15, -0.1) is 0 Å². The molecule has 4 rings (SSSR count). The number of fused-ring (bicyclic) bond motifs is 1. The van der Waals surface area contributed by atoms with E-state index in [1.54, 1.807) is 0 Å². The van der Waals surface area contributed by atoms with Gasteiger partial charge in [0.25, 0.3) is 0 Å². The van der Waals surface area contributed by atoms with Crippen LogP contribution in [-0.2, 0) is 19.4 Å².